The van der Waals surface area contributed by atoms with Crippen molar-refractivity contribution in [1.29, 1.82) is 0 Å². The highest BCUT2D eigenvalue weighted by molar-refractivity contribution is 5.66. The number of hydrogen-bond acceptors (Lipinski definition) is 6. The molecule has 0 radical (unpaired) electrons. The van der Waals surface area contributed by atoms with Gasteiger partial charge in [-0.15, -0.1) is 0 Å². The second-order valence-corrected chi connectivity index (χ2v) is 7.74. The number of ether oxygens (including phenoxy) is 3. The molecule has 4 rings (SSSR count). The van der Waals surface area contributed by atoms with Crippen molar-refractivity contribution in [2.75, 3.05) is 13.2 Å². The van der Waals surface area contributed by atoms with Gasteiger partial charge in [-0.3, -0.25) is 4.79 Å². The van der Waals surface area contributed by atoms with Crippen LogP contribution in [-0.4, -0.2) is 59.4 Å². The fraction of sp³-hybridized carbons (Fsp3) is 0.824. The van der Waals surface area contributed by atoms with E-state index >= 15 is 0 Å². The van der Waals surface area contributed by atoms with Crippen LogP contribution in [-0.2, 0) is 19.0 Å². The summed E-state index contributed by atoms with van der Waals surface area (Å²) in [5.74, 6) is -0.353. The van der Waals surface area contributed by atoms with E-state index in [2.05, 4.69) is 6.08 Å². The maximum Gasteiger partial charge on any atom is 0.302 e. The number of hydrogen-bond donors (Lipinski definition) is 2. The first-order valence-electron chi connectivity index (χ1n) is 8.25. The molecule has 3 fully saturated rings. The maximum absolute atomic E-state index is 11.4. The first kappa shape index (κ1) is 15.6. The molecule has 0 aromatic heterocycles. The number of carbonyl (C=O) groups excluding carboxylic acids is 1. The number of carbonyl (C=O) groups is 1. The number of aliphatic hydroxyl groups is 2. The molecule has 128 valence electrons. The van der Waals surface area contributed by atoms with E-state index in [1.54, 1.807) is 0 Å². The summed E-state index contributed by atoms with van der Waals surface area (Å²) in [6.07, 6.45) is 0.829. The lowest BCUT2D eigenvalue weighted by Gasteiger charge is -2.57. The van der Waals surface area contributed by atoms with Crippen LogP contribution in [0.5, 0.6) is 0 Å². The third kappa shape index (κ3) is 1.65. The summed E-state index contributed by atoms with van der Waals surface area (Å²) in [7, 11) is 0. The van der Waals surface area contributed by atoms with Crippen LogP contribution in [0.1, 0.15) is 33.6 Å². The summed E-state index contributed by atoms with van der Waals surface area (Å²) in [6.45, 7) is 6.01. The van der Waals surface area contributed by atoms with Gasteiger partial charge in [-0.2, -0.15) is 0 Å². The number of allylic oxidation sites excluding steroid dienone is 1. The lowest BCUT2D eigenvalue weighted by atomic mass is 9.51. The minimum atomic E-state index is -0.990. The lowest BCUT2D eigenvalue weighted by molar-refractivity contribution is -0.230. The van der Waals surface area contributed by atoms with E-state index in [9.17, 15) is 15.0 Å². The molecule has 1 saturated carbocycles. The summed E-state index contributed by atoms with van der Waals surface area (Å²) in [6, 6.07) is 0. The fourth-order valence-electron chi connectivity index (χ4n) is 5.26. The van der Waals surface area contributed by atoms with Crippen molar-refractivity contribution in [1.82, 2.24) is 0 Å². The average molecular weight is 324 g/mol. The topological polar surface area (TPSA) is 88.5 Å². The predicted molar refractivity (Wildman–Crippen MR) is 79.5 cm³/mol. The van der Waals surface area contributed by atoms with Crippen molar-refractivity contribution < 1.29 is 29.2 Å². The van der Waals surface area contributed by atoms with Crippen LogP contribution < -0.4 is 0 Å². The summed E-state index contributed by atoms with van der Waals surface area (Å²) < 4.78 is 17.4. The van der Waals surface area contributed by atoms with Crippen LogP contribution in [0.2, 0.25) is 0 Å². The van der Waals surface area contributed by atoms with Gasteiger partial charge in [0.15, 0.2) is 0 Å². The number of fused-ring (bicyclic) bond motifs is 2. The van der Waals surface area contributed by atoms with E-state index in [1.807, 2.05) is 13.8 Å². The van der Waals surface area contributed by atoms with Crippen molar-refractivity contribution in [3.63, 3.8) is 0 Å². The Kier molecular flexibility index (Phi) is 3.09. The maximum atomic E-state index is 11.4. The first-order chi connectivity index (χ1) is 10.8. The van der Waals surface area contributed by atoms with Crippen molar-refractivity contribution in [2.45, 2.75) is 63.6 Å². The Morgan fingerprint density at radius 3 is 2.78 bits per heavy atom. The predicted octanol–water partition coefficient (Wildman–Crippen LogP) is 0.554. The summed E-state index contributed by atoms with van der Waals surface area (Å²) in [5.41, 5.74) is -0.781. The van der Waals surface area contributed by atoms with Gasteiger partial charge in [0.1, 0.15) is 24.4 Å². The molecule has 6 nitrogen and oxygen atoms in total. The number of epoxide rings is 1. The molecule has 2 aliphatic heterocycles. The summed E-state index contributed by atoms with van der Waals surface area (Å²) >= 11 is 0. The van der Waals surface area contributed by atoms with Crippen molar-refractivity contribution in [3.05, 3.63) is 11.6 Å². The molecule has 2 bridgehead atoms. The van der Waals surface area contributed by atoms with E-state index in [1.165, 1.54) is 12.5 Å². The molecule has 2 aliphatic carbocycles. The first-order valence-corrected chi connectivity index (χ1v) is 8.25. The molecule has 0 aromatic carbocycles. The van der Waals surface area contributed by atoms with Gasteiger partial charge in [0.25, 0.3) is 0 Å². The molecule has 1 spiro atoms. The molecule has 2 N–H and O–H groups in total. The van der Waals surface area contributed by atoms with Crippen molar-refractivity contribution in [3.8, 4) is 0 Å². The second-order valence-electron chi connectivity index (χ2n) is 7.74. The quantitative estimate of drug-likeness (QED) is 0.438. The Hall–Kier alpha value is -0.950. The Morgan fingerprint density at radius 1 is 1.48 bits per heavy atom. The van der Waals surface area contributed by atoms with Gasteiger partial charge in [-0.1, -0.05) is 18.6 Å². The van der Waals surface area contributed by atoms with Gasteiger partial charge in [-0.25, -0.2) is 0 Å². The average Bonchev–Trinajstić information content (AvgIpc) is 3.28. The van der Waals surface area contributed by atoms with E-state index in [-0.39, 0.29) is 18.7 Å². The third-order valence-corrected chi connectivity index (χ3v) is 6.83. The molecule has 2 saturated heterocycles. The van der Waals surface area contributed by atoms with Crippen LogP contribution in [0, 0.1) is 10.8 Å². The number of rotatable bonds is 2. The molecule has 0 aromatic rings. The van der Waals surface area contributed by atoms with Crippen LogP contribution in [0.15, 0.2) is 11.6 Å². The molecule has 0 amide bonds. The highest BCUT2D eigenvalue weighted by Crippen LogP contribution is 2.71. The minimum Gasteiger partial charge on any atom is -0.465 e. The van der Waals surface area contributed by atoms with Gasteiger partial charge in [0.05, 0.1) is 18.8 Å². The molecular weight excluding hydrogens is 300 g/mol. The molecule has 7 unspecified atom stereocenters. The molecule has 7 atom stereocenters. The van der Waals surface area contributed by atoms with Crippen LogP contribution in [0.4, 0.5) is 0 Å². The second kappa shape index (κ2) is 4.57. The highest BCUT2D eigenvalue weighted by atomic mass is 16.6. The smallest absolute Gasteiger partial charge is 0.302 e. The Labute approximate surface area is 135 Å². The third-order valence-electron chi connectivity index (χ3n) is 6.83. The van der Waals surface area contributed by atoms with Gasteiger partial charge in [0, 0.05) is 17.8 Å². The SMILES string of the molecule is CC(=O)OCC12CCC(C)=CC1OC1C(O)C(O)C2(C)C12CO2. The molecular formula is C17H24O6. The minimum absolute atomic E-state index is 0.162. The van der Waals surface area contributed by atoms with Crippen molar-refractivity contribution >= 4 is 5.97 Å². The zero-order valence-corrected chi connectivity index (χ0v) is 13.7. The van der Waals surface area contributed by atoms with Gasteiger partial charge < -0.3 is 24.4 Å². The molecule has 6 heteroatoms. The Balaban J connectivity index is 1.85. The van der Waals surface area contributed by atoms with E-state index < -0.39 is 34.7 Å². The molecule has 4 aliphatic rings. The normalized spacial score (nSPS) is 53.7. The highest BCUT2D eigenvalue weighted by Gasteiger charge is 2.84. The zero-order valence-electron chi connectivity index (χ0n) is 13.7. The van der Waals surface area contributed by atoms with Crippen LogP contribution in [0.25, 0.3) is 0 Å². The molecule has 23 heavy (non-hydrogen) atoms. The number of esters is 1. The Morgan fingerprint density at radius 2 is 2.17 bits per heavy atom. The number of aliphatic hydroxyl groups excluding tert-OH is 2. The molecule has 2 heterocycles. The largest absolute Gasteiger partial charge is 0.465 e. The monoisotopic (exact) mass is 324 g/mol. The summed E-state index contributed by atoms with van der Waals surface area (Å²) in [5, 5.41) is 21.4. The Bertz CT molecular complexity index is 582. The lowest BCUT2D eigenvalue weighted by Crippen LogP contribution is -2.66. The van der Waals surface area contributed by atoms with E-state index in [0.717, 1.165) is 12.8 Å². The van der Waals surface area contributed by atoms with Gasteiger partial charge in [-0.05, 0) is 19.8 Å². The summed E-state index contributed by atoms with van der Waals surface area (Å²) in [4.78, 5) is 11.4. The van der Waals surface area contributed by atoms with Crippen LogP contribution >= 0.6 is 0 Å². The standard InChI is InChI=1S/C17H24O6/c1-9-4-5-16(7-21-10(2)18)11(6-9)23-14-12(19)13(20)15(16,3)17(14)8-22-17/h6,11-14,19-20H,4-5,7-8H2,1-3H3. The van der Waals surface area contributed by atoms with Gasteiger partial charge in [0.2, 0.25) is 0 Å². The van der Waals surface area contributed by atoms with Crippen LogP contribution in [0.3, 0.4) is 0 Å². The fourth-order valence-corrected chi connectivity index (χ4v) is 5.26. The van der Waals surface area contributed by atoms with Crippen molar-refractivity contribution in [2.24, 2.45) is 10.8 Å². The van der Waals surface area contributed by atoms with E-state index in [4.69, 9.17) is 14.2 Å². The zero-order chi connectivity index (χ0) is 16.6. The van der Waals surface area contributed by atoms with Gasteiger partial charge >= 0.3 is 5.97 Å². The van der Waals surface area contributed by atoms with E-state index in [0.29, 0.717) is 6.61 Å².